The van der Waals surface area contributed by atoms with Crippen molar-refractivity contribution in [3.63, 3.8) is 0 Å². The molecule has 0 amide bonds. The second kappa shape index (κ2) is 20.8. The van der Waals surface area contributed by atoms with Crippen LogP contribution in [0.1, 0.15) is 48.2 Å². The molecule has 7 aromatic carbocycles. The van der Waals surface area contributed by atoms with Gasteiger partial charge in [0.2, 0.25) is 0 Å². The average molecular weight is 993 g/mol. The van der Waals surface area contributed by atoms with Gasteiger partial charge in [-0.1, -0.05) is 153 Å². The van der Waals surface area contributed by atoms with Gasteiger partial charge in [-0.2, -0.15) is 0 Å². The number of allylic oxidation sites excluding steroid dienone is 7. The molecule has 0 saturated heterocycles. The molecule has 0 aliphatic heterocycles. The van der Waals surface area contributed by atoms with Crippen LogP contribution in [-0.4, -0.2) is 29.5 Å². The Hall–Kier alpha value is -8.75. The first-order valence-corrected chi connectivity index (χ1v) is 26.4. The number of hydrogen-bond acceptors (Lipinski definition) is 4. The number of nitrogens with zero attached hydrogens (tertiary/aromatic N) is 4. The van der Waals surface area contributed by atoms with Crippen LogP contribution in [0.25, 0.3) is 110 Å². The molecule has 74 heavy (non-hydrogen) atoms. The van der Waals surface area contributed by atoms with Crippen LogP contribution in [0.15, 0.2) is 221 Å². The standard InChI is InChI=1S/C48H33N3OS2.C19H19N/c1-3-50-48(51-47(49-2)29-12-5-4-6-13-29)36-18-10-19-40-45(36)37-27-32(22-24-39(37)52-40)33-16-11-21-43-46(33)38-26-31(23-25-42(38)53-43)30-14-9-17-35-34-15-7-8-20-41(34)54-44(35)28-30;1-5-11-15(7-3)20-18(12-6-2)16(8-4)17-13-9-10-14-19(17)20/h4-8,10-28H,2-3,9H2,1H3;5-14H,1,3-4H2,2H3/b;12-6-,15-11+. The lowest BCUT2D eigenvalue weighted by Gasteiger charge is -2.09. The quantitative estimate of drug-likeness (QED) is 0.0765. The normalized spacial score (nSPS) is 13.2. The fraction of sp³-hybridized carbons (Fsp3) is 0.0597. The molecule has 0 unspecified atom stereocenters. The van der Waals surface area contributed by atoms with E-state index in [1.807, 2.05) is 115 Å². The Morgan fingerprint density at radius 1 is 0.689 bits per heavy atom. The number of rotatable bonds is 10. The Kier molecular flexibility index (Phi) is 13.3. The molecule has 11 aromatic rings. The first-order valence-electron chi connectivity index (χ1n) is 24.8. The molecule has 0 saturated carbocycles. The zero-order valence-corrected chi connectivity index (χ0v) is 43.0. The first kappa shape index (κ1) is 47.6. The third kappa shape index (κ3) is 8.66. The van der Waals surface area contributed by atoms with Gasteiger partial charge < -0.3 is 8.98 Å². The van der Waals surface area contributed by atoms with E-state index in [-0.39, 0.29) is 0 Å². The molecule has 1 aliphatic rings. The summed E-state index contributed by atoms with van der Waals surface area (Å²) in [6.45, 7) is 20.1. The van der Waals surface area contributed by atoms with Gasteiger partial charge in [-0.05, 0) is 133 Å². The van der Waals surface area contributed by atoms with E-state index >= 15 is 0 Å². The van der Waals surface area contributed by atoms with Gasteiger partial charge in [0, 0.05) is 74.5 Å². The fourth-order valence-corrected chi connectivity index (χ4v) is 12.5. The number of thiophene rings is 2. The third-order valence-corrected chi connectivity index (χ3v) is 15.7. The summed E-state index contributed by atoms with van der Waals surface area (Å²) in [5.41, 5.74) is 12.6. The summed E-state index contributed by atoms with van der Waals surface area (Å²) >= 11 is 3.72. The van der Waals surface area contributed by atoms with Crippen LogP contribution in [0, 0.1) is 0 Å². The average Bonchev–Trinajstić information content (AvgIpc) is 4.16. The molecule has 4 heterocycles. The van der Waals surface area contributed by atoms with Crippen molar-refractivity contribution in [2.24, 2.45) is 15.0 Å². The molecule has 7 heteroatoms. The number of benzene rings is 7. The predicted molar refractivity (Wildman–Crippen MR) is 326 cm³/mol. The molecule has 0 spiro atoms. The van der Waals surface area contributed by atoms with Crippen LogP contribution in [0.4, 0.5) is 0 Å². The van der Waals surface area contributed by atoms with Gasteiger partial charge in [-0.25, -0.2) is 9.98 Å². The van der Waals surface area contributed by atoms with Crippen LogP contribution >= 0.6 is 22.7 Å². The van der Waals surface area contributed by atoms with Gasteiger partial charge in [-0.3, -0.25) is 4.99 Å². The van der Waals surface area contributed by atoms with Crippen molar-refractivity contribution in [1.29, 1.82) is 0 Å². The largest absolute Gasteiger partial charge is 0.456 e. The lowest BCUT2D eigenvalue weighted by atomic mass is 9.95. The maximum atomic E-state index is 6.46. The summed E-state index contributed by atoms with van der Waals surface area (Å²) in [6.07, 6.45) is 19.6. The number of fused-ring (bicyclic) bond motifs is 10. The highest BCUT2D eigenvalue weighted by molar-refractivity contribution is 7.26. The van der Waals surface area contributed by atoms with Crippen LogP contribution < -0.4 is 9.75 Å². The van der Waals surface area contributed by atoms with Crippen molar-refractivity contribution in [3.05, 3.63) is 239 Å². The van der Waals surface area contributed by atoms with E-state index in [0.717, 1.165) is 67.5 Å². The second-order valence-electron chi connectivity index (χ2n) is 17.7. The molecular weight excluding hydrogens is 941 g/mol. The molecule has 4 aromatic heterocycles. The second-order valence-corrected chi connectivity index (χ2v) is 19.9. The van der Waals surface area contributed by atoms with Gasteiger partial charge in [-0.15, -0.1) is 22.7 Å². The van der Waals surface area contributed by atoms with Crippen molar-refractivity contribution >= 4 is 140 Å². The third-order valence-electron chi connectivity index (χ3n) is 13.4. The van der Waals surface area contributed by atoms with Gasteiger partial charge in [0.15, 0.2) is 11.7 Å². The summed E-state index contributed by atoms with van der Waals surface area (Å²) in [7, 11) is 0. The van der Waals surface area contributed by atoms with Crippen LogP contribution in [0.2, 0.25) is 0 Å². The fourth-order valence-electron chi connectivity index (χ4n) is 10.2. The minimum atomic E-state index is 0.531. The zero-order chi connectivity index (χ0) is 50.7. The van der Waals surface area contributed by atoms with E-state index < -0.39 is 0 Å². The molecule has 358 valence electrons. The highest BCUT2D eigenvalue weighted by Gasteiger charge is 2.19. The Bertz CT molecular complexity index is 4350. The Labute approximate surface area is 438 Å². The molecule has 0 atom stereocenters. The predicted octanol–water partition coefficient (Wildman–Crippen LogP) is 17.3. The smallest absolute Gasteiger partial charge is 0.161 e. The Morgan fingerprint density at radius 2 is 1.45 bits per heavy atom. The summed E-state index contributed by atoms with van der Waals surface area (Å²) in [5.74, 6) is 1.13. The van der Waals surface area contributed by atoms with E-state index in [1.54, 1.807) is 6.08 Å². The van der Waals surface area contributed by atoms with Crippen molar-refractivity contribution in [3.8, 4) is 11.1 Å². The lowest BCUT2D eigenvalue weighted by Crippen LogP contribution is -2.17. The van der Waals surface area contributed by atoms with Crippen molar-refractivity contribution in [2.75, 3.05) is 6.54 Å². The van der Waals surface area contributed by atoms with Gasteiger partial charge >= 0.3 is 0 Å². The molecular formula is C67H52N4OS2. The SMILES string of the molecule is C=C/C=C(\C=C)n1c(/C=C\C)c(C=C)c2ccccc21.C=NC(=NC(=NCC)c1cccc2oc3ccc(-c4cccc5sc6ccc(C7=CCC=c8c(sc9ccccc89)=C7)cc6c45)cc3c12)c1ccccc1. The molecule has 1 aliphatic carbocycles. The maximum absolute atomic E-state index is 6.46. The minimum Gasteiger partial charge on any atom is -0.456 e. The number of hydrogen-bond donors (Lipinski definition) is 0. The van der Waals surface area contributed by atoms with E-state index in [2.05, 4.69) is 157 Å². The van der Waals surface area contributed by atoms with Crippen molar-refractivity contribution in [2.45, 2.75) is 20.3 Å². The maximum Gasteiger partial charge on any atom is 0.161 e. The van der Waals surface area contributed by atoms with Gasteiger partial charge in [0.1, 0.15) is 11.2 Å². The summed E-state index contributed by atoms with van der Waals surface area (Å²) < 4.78 is 13.9. The van der Waals surface area contributed by atoms with E-state index in [9.17, 15) is 0 Å². The summed E-state index contributed by atoms with van der Waals surface area (Å²) in [6, 6.07) is 53.2. The molecule has 0 bridgehead atoms. The van der Waals surface area contributed by atoms with Crippen molar-refractivity contribution < 1.29 is 4.42 Å². The van der Waals surface area contributed by atoms with E-state index in [1.165, 1.54) is 62.1 Å². The number of aromatic nitrogens is 1. The minimum absolute atomic E-state index is 0.531. The highest BCUT2D eigenvalue weighted by atomic mass is 32.1. The molecule has 0 radical (unpaired) electrons. The van der Waals surface area contributed by atoms with Crippen LogP contribution in [0.3, 0.4) is 0 Å². The Balaban J connectivity index is 0.000000248. The molecule has 5 nitrogen and oxygen atoms in total. The number of aliphatic imine (C=N–C) groups is 3. The highest BCUT2D eigenvalue weighted by Crippen LogP contribution is 2.43. The number of furan rings is 1. The lowest BCUT2D eigenvalue weighted by molar-refractivity contribution is 0.669. The molecule has 12 rings (SSSR count). The van der Waals surface area contributed by atoms with Gasteiger partial charge in [0.05, 0.1) is 11.2 Å². The Morgan fingerprint density at radius 3 is 2.24 bits per heavy atom. The monoisotopic (exact) mass is 992 g/mol. The van der Waals surface area contributed by atoms with Crippen LogP contribution in [-0.2, 0) is 0 Å². The van der Waals surface area contributed by atoms with Gasteiger partial charge in [0.25, 0.3) is 0 Å². The van der Waals surface area contributed by atoms with Crippen LogP contribution in [0.5, 0.6) is 0 Å². The molecule has 0 N–H and O–H groups in total. The molecule has 0 fully saturated rings. The van der Waals surface area contributed by atoms with E-state index in [4.69, 9.17) is 14.4 Å². The zero-order valence-electron chi connectivity index (χ0n) is 41.4. The van der Waals surface area contributed by atoms with Crippen molar-refractivity contribution in [1.82, 2.24) is 4.57 Å². The number of amidine groups is 2. The first-order chi connectivity index (χ1) is 36.4. The summed E-state index contributed by atoms with van der Waals surface area (Å²) in [5, 5.41) is 8.44. The topological polar surface area (TPSA) is 55.1 Å². The number of para-hydroxylation sites is 1. The summed E-state index contributed by atoms with van der Waals surface area (Å²) in [4.78, 5) is 14.1. The van der Waals surface area contributed by atoms with E-state index in [0.29, 0.717) is 18.2 Å².